The Morgan fingerprint density at radius 2 is 1.88 bits per heavy atom. The predicted molar refractivity (Wildman–Crippen MR) is 104 cm³/mol. The van der Waals surface area contributed by atoms with Crippen molar-refractivity contribution in [3.8, 4) is 5.75 Å². The Kier molecular flexibility index (Phi) is 5.66. The highest BCUT2D eigenvalue weighted by Gasteiger charge is 2.20. The van der Waals surface area contributed by atoms with Crippen molar-refractivity contribution < 1.29 is 9.53 Å². The number of amides is 1. The maximum Gasteiger partial charge on any atom is 0.285 e. The summed E-state index contributed by atoms with van der Waals surface area (Å²) < 4.78 is 6.54. The molecule has 0 bridgehead atoms. The number of hydrogen-bond donors (Lipinski definition) is 0. The number of carbonyl (C=O) groups is 1. The molecule has 3 rings (SSSR count). The van der Waals surface area contributed by atoms with E-state index in [-0.39, 0.29) is 5.91 Å². The van der Waals surface area contributed by atoms with Crippen LogP contribution in [-0.4, -0.2) is 16.5 Å². The summed E-state index contributed by atoms with van der Waals surface area (Å²) in [5.41, 5.74) is 2.00. The third kappa shape index (κ3) is 4.44. The predicted octanol–water partition coefficient (Wildman–Crippen LogP) is 5.25. The van der Waals surface area contributed by atoms with E-state index < -0.39 is 0 Å². The van der Waals surface area contributed by atoms with Gasteiger partial charge in [0.05, 0.1) is 4.91 Å². The fourth-order valence-electron chi connectivity index (χ4n) is 2.04. The summed E-state index contributed by atoms with van der Waals surface area (Å²) in [7, 11) is 0. The van der Waals surface area contributed by atoms with Gasteiger partial charge in [0.15, 0.2) is 0 Å². The van der Waals surface area contributed by atoms with Gasteiger partial charge < -0.3 is 4.74 Å². The minimum Gasteiger partial charge on any atom is -0.489 e. The second-order valence-corrected chi connectivity index (χ2v) is 7.50. The zero-order valence-corrected chi connectivity index (χ0v) is 15.3. The molecule has 122 valence electrons. The molecule has 1 amide bonds. The highest BCUT2D eigenvalue weighted by molar-refractivity contribution is 8.40. The Labute approximate surface area is 154 Å². The Morgan fingerprint density at radius 1 is 1.17 bits per heavy atom. The molecule has 2 aromatic carbocycles. The molecule has 24 heavy (non-hydrogen) atoms. The number of nitrogens with zero attached hydrogens (tertiary/aromatic N) is 1. The van der Waals surface area contributed by atoms with Crippen LogP contribution in [0.15, 0.2) is 58.4 Å². The van der Waals surface area contributed by atoms with Crippen molar-refractivity contribution in [2.45, 2.75) is 6.61 Å². The second-order valence-electron chi connectivity index (χ2n) is 4.98. The molecule has 0 N–H and O–H groups in total. The highest BCUT2D eigenvalue weighted by atomic mass is 35.5. The molecule has 0 aromatic heterocycles. The molecular formula is C18H14ClNO2S2. The second kappa shape index (κ2) is 7.92. The quantitative estimate of drug-likeness (QED) is 0.684. The summed E-state index contributed by atoms with van der Waals surface area (Å²) in [6.07, 6.45) is 3.76. The Bertz CT molecular complexity index is 799. The van der Waals surface area contributed by atoms with Gasteiger partial charge in [-0.05, 0) is 47.7 Å². The van der Waals surface area contributed by atoms with Gasteiger partial charge in [0.1, 0.15) is 16.7 Å². The number of hydrogen-bond acceptors (Lipinski definition) is 4. The number of ether oxygens (including phenoxy) is 1. The van der Waals surface area contributed by atoms with Gasteiger partial charge in [0.2, 0.25) is 0 Å². The molecule has 0 saturated carbocycles. The van der Waals surface area contributed by atoms with Crippen molar-refractivity contribution in [1.82, 2.24) is 0 Å². The minimum absolute atomic E-state index is 0.174. The SMILES string of the molecule is CSC1=NC(=O)/C(=C/c2ccc(OCc3ccc(Cl)cc3)cc2)S1. The molecule has 0 spiro atoms. The molecule has 3 nitrogen and oxygen atoms in total. The lowest BCUT2D eigenvalue weighted by Gasteiger charge is -2.07. The first-order chi connectivity index (χ1) is 11.6. The van der Waals surface area contributed by atoms with Gasteiger partial charge in [-0.1, -0.05) is 47.6 Å². The number of benzene rings is 2. The van der Waals surface area contributed by atoms with E-state index in [1.165, 1.54) is 23.5 Å². The van der Waals surface area contributed by atoms with E-state index in [4.69, 9.17) is 16.3 Å². The van der Waals surface area contributed by atoms with Crippen molar-refractivity contribution >= 4 is 51.5 Å². The molecule has 1 aliphatic heterocycles. The van der Waals surface area contributed by atoms with Crippen molar-refractivity contribution in [1.29, 1.82) is 0 Å². The molecule has 1 aliphatic rings. The Morgan fingerprint density at radius 3 is 2.50 bits per heavy atom. The van der Waals surface area contributed by atoms with E-state index in [9.17, 15) is 4.79 Å². The highest BCUT2D eigenvalue weighted by Crippen LogP contribution is 2.32. The van der Waals surface area contributed by atoms with Crippen molar-refractivity contribution in [2.75, 3.05) is 6.26 Å². The topological polar surface area (TPSA) is 38.7 Å². The average Bonchev–Trinajstić information content (AvgIpc) is 2.96. The van der Waals surface area contributed by atoms with Gasteiger partial charge in [-0.2, -0.15) is 4.99 Å². The van der Waals surface area contributed by atoms with Crippen LogP contribution in [0.25, 0.3) is 6.08 Å². The van der Waals surface area contributed by atoms with Crippen molar-refractivity contribution in [3.63, 3.8) is 0 Å². The minimum atomic E-state index is -0.174. The van der Waals surface area contributed by atoms with Crippen molar-refractivity contribution in [2.24, 2.45) is 4.99 Å². The Balaban J connectivity index is 1.61. The summed E-state index contributed by atoms with van der Waals surface area (Å²) in [4.78, 5) is 16.4. The van der Waals surface area contributed by atoms with Gasteiger partial charge in [0, 0.05) is 5.02 Å². The molecule has 0 unspecified atom stereocenters. The molecule has 0 aliphatic carbocycles. The molecule has 6 heteroatoms. The zero-order valence-electron chi connectivity index (χ0n) is 12.9. The normalized spacial score (nSPS) is 15.7. The third-order valence-electron chi connectivity index (χ3n) is 3.27. The van der Waals surface area contributed by atoms with E-state index >= 15 is 0 Å². The zero-order chi connectivity index (χ0) is 16.9. The van der Waals surface area contributed by atoms with Gasteiger partial charge in [-0.3, -0.25) is 4.79 Å². The number of carbonyl (C=O) groups excluding carboxylic acids is 1. The van der Waals surface area contributed by atoms with Crippen LogP contribution in [0.3, 0.4) is 0 Å². The lowest BCUT2D eigenvalue weighted by atomic mass is 10.2. The van der Waals surface area contributed by atoms with E-state index in [0.717, 1.165) is 21.3 Å². The number of rotatable bonds is 4. The number of thioether (sulfide) groups is 2. The van der Waals surface area contributed by atoms with Crippen LogP contribution >= 0.6 is 35.1 Å². The third-order valence-corrected chi connectivity index (χ3v) is 5.49. The van der Waals surface area contributed by atoms with E-state index in [1.54, 1.807) is 0 Å². The van der Waals surface area contributed by atoms with Crippen LogP contribution in [-0.2, 0) is 11.4 Å². The maximum atomic E-state index is 11.8. The molecule has 0 radical (unpaired) electrons. The lowest BCUT2D eigenvalue weighted by Crippen LogP contribution is -1.95. The first-order valence-corrected chi connectivity index (χ1v) is 9.60. The van der Waals surface area contributed by atoms with Gasteiger partial charge in [-0.25, -0.2) is 0 Å². The molecule has 2 aromatic rings. The summed E-state index contributed by atoms with van der Waals surface area (Å²) >= 11 is 8.75. The largest absolute Gasteiger partial charge is 0.489 e. The Hall–Kier alpha value is -1.69. The summed E-state index contributed by atoms with van der Waals surface area (Å²) in [6, 6.07) is 15.2. The van der Waals surface area contributed by atoms with Crippen molar-refractivity contribution in [3.05, 3.63) is 69.6 Å². The maximum absolute atomic E-state index is 11.8. The van der Waals surface area contributed by atoms with E-state index in [1.807, 2.05) is 60.9 Å². The van der Waals surface area contributed by atoms with Crippen LogP contribution in [0.1, 0.15) is 11.1 Å². The molecule has 0 fully saturated rings. The van der Waals surface area contributed by atoms with Crippen LogP contribution in [0, 0.1) is 0 Å². The number of halogens is 1. The van der Waals surface area contributed by atoms with E-state index in [0.29, 0.717) is 16.5 Å². The van der Waals surface area contributed by atoms with Crippen LogP contribution in [0.5, 0.6) is 5.75 Å². The fourth-order valence-corrected chi connectivity index (χ4v) is 3.58. The van der Waals surface area contributed by atoms with Gasteiger partial charge >= 0.3 is 0 Å². The standard InChI is InChI=1S/C18H14ClNO2S2/c1-23-18-20-17(21)16(24-18)10-12-4-8-15(9-5-12)22-11-13-2-6-14(19)7-3-13/h2-10H,11H2,1H3/b16-10-. The van der Waals surface area contributed by atoms with E-state index in [2.05, 4.69) is 4.99 Å². The first-order valence-electron chi connectivity index (χ1n) is 7.18. The summed E-state index contributed by atoms with van der Waals surface area (Å²) in [6.45, 7) is 0.483. The fraction of sp³-hybridized carbons (Fsp3) is 0.111. The molecular weight excluding hydrogens is 362 g/mol. The average molecular weight is 376 g/mol. The van der Waals surface area contributed by atoms with Crippen LogP contribution < -0.4 is 4.74 Å². The molecule has 1 heterocycles. The van der Waals surface area contributed by atoms with Gasteiger partial charge in [0.25, 0.3) is 5.91 Å². The summed E-state index contributed by atoms with van der Waals surface area (Å²) in [5.74, 6) is 0.603. The monoisotopic (exact) mass is 375 g/mol. The van der Waals surface area contributed by atoms with Gasteiger partial charge in [-0.15, -0.1) is 11.8 Å². The first kappa shape index (κ1) is 17.1. The molecule has 0 saturated heterocycles. The van der Waals surface area contributed by atoms with Crippen LogP contribution in [0.2, 0.25) is 5.02 Å². The number of aliphatic imine (C=N–C) groups is 1. The lowest BCUT2D eigenvalue weighted by molar-refractivity contribution is -0.113. The van der Waals surface area contributed by atoms with Crippen LogP contribution in [0.4, 0.5) is 0 Å². The smallest absolute Gasteiger partial charge is 0.285 e. The summed E-state index contributed by atoms with van der Waals surface area (Å²) in [5, 5.41) is 0.712. The molecule has 0 atom stereocenters.